The summed E-state index contributed by atoms with van der Waals surface area (Å²) in [6.45, 7) is 8.24. The number of aromatic nitrogens is 1. The molecule has 2 N–H and O–H groups in total. The maximum Gasteiger partial charge on any atom is 0.257 e. The first-order chi connectivity index (χ1) is 17.2. The van der Waals surface area contributed by atoms with E-state index in [2.05, 4.69) is 41.6 Å². The fourth-order valence-corrected chi connectivity index (χ4v) is 4.02. The van der Waals surface area contributed by atoms with Crippen LogP contribution in [0.4, 0.5) is 5.69 Å². The molecule has 1 aromatic heterocycles. The van der Waals surface area contributed by atoms with Gasteiger partial charge in [0.1, 0.15) is 11.3 Å². The number of hydrogen-bond donors (Lipinski definition) is 2. The summed E-state index contributed by atoms with van der Waals surface area (Å²) in [6, 6.07) is 18.3. The number of rotatable bonds is 7. The molecule has 6 nitrogen and oxygen atoms in total. The first kappa shape index (κ1) is 25.7. The van der Waals surface area contributed by atoms with Gasteiger partial charge in [-0.1, -0.05) is 31.5 Å². The Kier molecular flexibility index (Phi) is 7.91. The van der Waals surface area contributed by atoms with E-state index in [1.54, 1.807) is 36.4 Å². The van der Waals surface area contributed by atoms with Crippen LogP contribution in [0.3, 0.4) is 0 Å². The fourth-order valence-electron chi connectivity index (χ4n) is 3.65. The smallest absolute Gasteiger partial charge is 0.257 e. The van der Waals surface area contributed by atoms with Crippen LogP contribution in [0, 0.1) is 0 Å². The molecule has 0 bridgehead atoms. The monoisotopic (exact) mass is 521 g/mol. The highest BCUT2D eigenvalue weighted by atomic mass is 35.5. The summed E-state index contributed by atoms with van der Waals surface area (Å²) in [4.78, 5) is 17.3. The first-order valence-electron chi connectivity index (χ1n) is 11.8. The van der Waals surface area contributed by atoms with Crippen LogP contribution in [0.15, 0.2) is 65.1 Å². The van der Waals surface area contributed by atoms with E-state index in [9.17, 15) is 4.79 Å². The number of ether oxygens (including phenoxy) is 1. The van der Waals surface area contributed by atoms with Crippen molar-refractivity contribution in [2.24, 2.45) is 0 Å². The molecule has 0 saturated carbocycles. The number of hydrogen-bond acceptors (Lipinski definition) is 5. The van der Waals surface area contributed by atoms with Gasteiger partial charge in [-0.05, 0) is 98.6 Å². The van der Waals surface area contributed by atoms with Crippen LogP contribution >= 0.6 is 23.8 Å². The fraction of sp³-hybridized carbons (Fsp3) is 0.250. The number of nitrogens with zero attached hydrogens (tertiary/aromatic N) is 1. The molecule has 36 heavy (non-hydrogen) atoms. The molecule has 1 atom stereocenters. The third-order valence-corrected chi connectivity index (χ3v) is 6.30. The Labute approximate surface area is 221 Å². The number of carbonyl (C=O) groups is 1. The van der Waals surface area contributed by atoms with E-state index in [-0.39, 0.29) is 17.1 Å². The van der Waals surface area contributed by atoms with Gasteiger partial charge < -0.3 is 14.5 Å². The van der Waals surface area contributed by atoms with E-state index in [1.807, 2.05) is 26.0 Å². The lowest BCUT2D eigenvalue weighted by atomic mass is 9.98. The van der Waals surface area contributed by atoms with Gasteiger partial charge in [-0.3, -0.25) is 10.1 Å². The largest absolute Gasteiger partial charge is 0.491 e. The Morgan fingerprint density at radius 1 is 1.08 bits per heavy atom. The minimum Gasteiger partial charge on any atom is -0.491 e. The average Bonchev–Trinajstić information content (AvgIpc) is 3.28. The van der Waals surface area contributed by atoms with E-state index in [1.165, 1.54) is 5.56 Å². The summed E-state index contributed by atoms with van der Waals surface area (Å²) in [6.07, 6.45) is 1.11. The minimum atomic E-state index is -0.341. The van der Waals surface area contributed by atoms with Crippen molar-refractivity contribution in [3.63, 3.8) is 0 Å². The lowest BCUT2D eigenvalue weighted by Gasteiger charge is -2.12. The second kappa shape index (κ2) is 11.1. The van der Waals surface area contributed by atoms with Gasteiger partial charge >= 0.3 is 0 Å². The normalized spacial score (nSPS) is 11.9. The van der Waals surface area contributed by atoms with Crippen LogP contribution < -0.4 is 15.4 Å². The maximum absolute atomic E-state index is 12.6. The van der Waals surface area contributed by atoms with Gasteiger partial charge in [0, 0.05) is 11.1 Å². The predicted octanol–water partition coefficient (Wildman–Crippen LogP) is 7.58. The first-order valence-corrected chi connectivity index (χ1v) is 12.6. The molecule has 0 spiro atoms. The summed E-state index contributed by atoms with van der Waals surface area (Å²) >= 11 is 11.7. The van der Waals surface area contributed by atoms with Crippen LogP contribution in [-0.2, 0) is 0 Å². The number of amides is 1. The van der Waals surface area contributed by atoms with Crippen molar-refractivity contribution < 1.29 is 13.9 Å². The summed E-state index contributed by atoms with van der Waals surface area (Å²) < 4.78 is 11.6. The zero-order valence-corrected chi connectivity index (χ0v) is 22.2. The molecule has 3 aromatic carbocycles. The van der Waals surface area contributed by atoms with Crippen molar-refractivity contribution in [2.45, 2.75) is 46.1 Å². The third kappa shape index (κ3) is 6.04. The highest BCUT2D eigenvalue weighted by Crippen LogP contribution is 2.31. The number of oxazole rings is 1. The number of fused-ring (bicyclic) bond motifs is 1. The Bertz CT molecular complexity index is 1400. The van der Waals surface area contributed by atoms with Crippen molar-refractivity contribution in [1.82, 2.24) is 10.3 Å². The topological polar surface area (TPSA) is 76.4 Å². The van der Waals surface area contributed by atoms with Crippen LogP contribution in [0.2, 0.25) is 5.02 Å². The van der Waals surface area contributed by atoms with Crippen LogP contribution in [-0.4, -0.2) is 22.1 Å². The Morgan fingerprint density at radius 3 is 2.53 bits per heavy atom. The molecule has 186 valence electrons. The highest BCUT2D eigenvalue weighted by Gasteiger charge is 2.14. The molecular weight excluding hydrogens is 494 g/mol. The van der Waals surface area contributed by atoms with E-state index in [4.69, 9.17) is 33.0 Å². The zero-order valence-electron chi connectivity index (χ0n) is 20.6. The van der Waals surface area contributed by atoms with Gasteiger partial charge in [-0.15, -0.1) is 0 Å². The van der Waals surface area contributed by atoms with E-state index >= 15 is 0 Å². The number of carbonyl (C=O) groups excluding carboxylic acids is 1. The van der Waals surface area contributed by atoms with Crippen molar-refractivity contribution >= 4 is 51.6 Å². The van der Waals surface area contributed by atoms with Gasteiger partial charge in [-0.25, -0.2) is 4.98 Å². The second-order valence-corrected chi connectivity index (χ2v) is 9.66. The van der Waals surface area contributed by atoms with Gasteiger partial charge in [0.25, 0.3) is 5.91 Å². The van der Waals surface area contributed by atoms with E-state index in [0.29, 0.717) is 39.4 Å². The van der Waals surface area contributed by atoms with Crippen molar-refractivity contribution in [2.75, 3.05) is 5.32 Å². The molecular formula is C28H28ClN3O3S. The SMILES string of the molecule is CC[C@H](C)c1ccc2oc(-c3ccc(Cl)c(NC(=S)NC(=O)c4ccc(OC(C)C)cc4)c3)nc2c1. The number of anilines is 1. The molecule has 0 unspecified atom stereocenters. The van der Waals surface area contributed by atoms with Gasteiger partial charge in [0.05, 0.1) is 16.8 Å². The van der Waals surface area contributed by atoms with E-state index in [0.717, 1.165) is 17.5 Å². The molecule has 0 aliphatic rings. The summed E-state index contributed by atoms with van der Waals surface area (Å²) in [5.74, 6) is 1.28. The lowest BCUT2D eigenvalue weighted by molar-refractivity contribution is 0.0977. The summed E-state index contributed by atoms with van der Waals surface area (Å²) in [5, 5.41) is 6.24. The Morgan fingerprint density at radius 2 is 1.83 bits per heavy atom. The number of benzene rings is 3. The maximum atomic E-state index is 12.6. The molecule has 0 fully saturated rings. The Hall–Kier alpha value is -3.42. The molecule has 1 heterocycles. The number of nitrogens with one attached hydrogen (secondary N) is 2. The predicted molar refractivity (Wildman–Crippen MR) is 149 cm³/mol. The van der Waals surface area contributed by atoms with Crippen molar-refractivity contribution in [1.29, 1.82) is 0 Å². The standard InChI is InChI=1S/C28H28ClN3O3S/c1-5-17(4)19-9-13-25-24(14-19)30-27(35-25)20-8-12-22(29)23(15-20)31-28(36)32-26(33)18-6-10-21(11-7-18)34-16(2)3/h6-17H,5H2,1-4H3,(H2,31,32,33,36)/t17-/m0/s1. The Balaban J connectivity index is 1.47. The van der Waals surface area contributed by atoms with Gasteiger partial charge in [0.15, 0.2) is 10.7 Å². The molecule has 1 amide bonds. The van der Waals surface area contributed by atoms with Crippen molar-refractivity contribution in [3.05, 3.63) is 76.8 Å². The quantitative estimate of drug-likeness (QED) is 0.244. The molecule has 4 aromatic rings. The van der Waals surface area contributed by atoms with Gasteiger partial charge in [-0.2, -0.15) is 0 Å². The van der Waals surface area contributed by atoms with Gasteiger partial charge in [0.2, 0.25) is 5.89 Å². The molecule has 0 aliphatic heterocycles. The molecule has 4 rings (SSSR count). The second-order valence-electron chi connectivity index (χ2n) is 8.85. The van der Waals surface area contributed by atoms with Crippen molar-refractivity contribution in [3.8, 4) is 17.2 Å². The van der Waals surface area contributed by atoms with Crippen LogP contribution in [0.5, 0.6) is 5.75 Å². The molecule has 8 heteroatoms. The molecule has 0 saturated heterocycles. The van der Waals surface area contributed by atoms with E-state index < -0.39 is 0 Å². The number of halogens is 1. The average molecular weight is 522 g/mol. The highest BCUT2D eigenvalue weighted by molar-refractivity contribution is 7.80. The summed E-state index contributed by atoms with van der Waals surface area (Å²) in [5.41, 5.74) is 4.47. The third-order valence-electron chi connectivity index (χ3n) is 5.77. The lowest BCUT2D eigenvalue weighted by Crippen LogP contribution is -2.34. The number of thiocarbonyl (C=S) groups is 1. The minimum absolute atomic E-state index is 0.0546. The zero-order chi connectivity index (χ0) is 25.8. The molecule has 0 aliphatic carbocycles. The molecule has 0 radical (unpaired) electrons. The van der Waals surface area contributed by atoms with Crippen LogP contribution in [0.1, 0.15) is 56.0 Å². The van der Waals surface area contributed by atoms with Crippen LogP contribution in [0.25, 0.3) is 22.6 Å². The summed E-state index contributed by atoms with van der Waals surface area (Å²) in [7, 11) is 0.